The van der Waals surface area contributed by atoms with Crippen LogP contribution in [0.4, 0.5) is 0 Å². The summed E-state index contributed by atoms with van der Waals surface area (Å²) in [6.07, 6.45) is 4.81. The van der Waals surface area contributed by atoms with Crippen molar-refractivity contribution in [1.82, 2.24) is 4.90 Å². The fraction of sp³-hybridized carbons (Fsp3) is 0.591. The van der Waals surface area contributed by atoms with Crippen LogP contribution in [0.5, 0.6) is 0 Å². The van der Waals surface area contributed by atoms with E-state index in [1.165, 1.54) is 0 Å². The second-order valence-electron chi connectivity index (χ2n) is 7.49. The first-order valence-corrected chi connectivity index (χ1v) is 11.4. The Hall–Kier alpha value is -2.04. The smallest absolute Gasteiger partial charge is 0.303 e. The van der Waals surface area contributed by atoms with Crippen molar-refractivity contribution in [2.24, 2.45) is 0 Å². The normalized spacial score (nSPS) is 17.7. The van der Waals surface area contributed by atoms with Gasteiger partial charge in [-0.15, -0.1) is 0 Å². The van der Waals surface area contributed by atoms with Gasteiger partial charge in [-0.25, -0.2) is 0 Å². The Morgan fingerprint density at radius 3 is 2.76 bits per heavy atom. The average molecular weight is 419 g/mol. The van der Waals surface area contributed by atoms with Crippen molar-refractivity contribution in [2.75, 3.05) is 18.1 Å². The Morgan fingerprint density at radius 1 is 1.31 bits per heavy atom. The lowest BCUT2D eigenvalue weighted by Gasteiger charge is -2.36. The molecule has 0 saturated carbocycles. The average Bonchev–Trinajstić information content (AvgIpc) is 2.70. The highest BCUT2D eigenvalue weighted by atomic mass is 32.2. The topological polar surface area (TPSA) is 102 Å². The highest BCUT2D eigenvalue weighted by molar-refractivity contribution is 7.99. The summed E-state index contributed by atoms with van der Waals surface area (Å²) in [7, 11) is 0. The first kappa shape index (κ1) is 23.2. The number of hydrogen-bond donors (Lipinski definition) is 2. The fourth-order valence-corrected chi connectivity index (χ4v) is 4.54. The molecule has 1 aromatic carbocycles. The maximum Gasteiger partial charge on any atom is 0.303 e. The van der Waals surface area contributed by atoms with E-state index >= 15 is 0 Å². The van der Waals surface area contributed by atoms with Gasteiger partial charge < -0.3 is 15.1 Å². The molecule has 0 aromatic heterocycles. The van der Waals surface area contributed by atoms with Gasteiger partial charge in [0.25, 0.3) is 0 Å². The number of piperidine rings is 1. The summed E-state index contributed by atoms with van der Waals surface area (Å²) in [4.78, 5) is 24.9. The zero-order valence-electron chi connectivity index (χ0n) is 16.8. The number of rotatable bonds is 12. The van der Waals surface area contributed by atoms with E-state index < -0.39 is 12.1 Å². The summed E-state index contributed by atoms with van der Waals surface area (Å²) in [6, 6.07) is 9.54. The van der Waals surface area contributed by atoms with Gasteiger partial charge in [-0.1, -0.05) is 12.1 Å². The van der Waals surface area contributed by atoms with Crippen molar-refractivity contribution in [3.05, 3.63) is 35.4 Å². The molecule has 158 valence electrons. The monoisotopic (exact) mass is 418 g/mol. The Balaban J connectivity index is 1.74. The van der Waals surface area contributed by atoms with Crippen LogP contribution in [0.25, 0.3) is 0 Å². The van der Waals surface area contributed by atoms with E-state index in [2.05, 4.69) is 6.07 Å². The van der Waals surface area contributed by atoms with E-state index in [0.29, 0.717) is 37.8 Å². The molecule has 1 aromatic rings. The first-order valence-electron chi connectivity index (χ1n) is 10.3. The van der Waals surface area contributed by atoms with Crippen LogP contribution in [0.15, 0.2) is 24.3 Å². The zero-order chi connectivity index (χ0) is 21.1. The second kappa shape index (κ2) is 12.5. The van der Waals surface area contributed by atoms with Crippen molar-refractivity contribution in [3.8, 4) is 6.07 Å². The summed E-state index contributed by atoms with van der Waals surface area (Å²) >= 11 is 1.69. The number of amides is 1. The van der Waals surface area contributed by atoms with Gasteiger partial charge in [-0.05, 0) is 62.0 Å². The molecule has 2 rings (SSSR count). The van der Waals surface area contributed by atoms with Gasteiger partial charge in [0, 0.05) is 31.2 Å². The van der Waals surface area contributed by atoms with Crippen molar-refractivity contribution < 1.29 is 19.8 Å². The maximum atomic E-state index is 12.4. The van der Waals surface area contributed by atoms with Crippen LogP contribution in [0, 0.1) is 11.3 Å². The number of nitrogens with zero attached hydrogens (tertiary/aromatic N) is 2. The van der Waals surface area contributed by atoms with E-state index in [1.807, 2.05) is 17.0 Å². The maximum absolute atomic E-state index is 12.4. The molecule has 0 bridgehead atoms. The third-order valence-electron chi connectivity index (χ3n) is 5.23. The molecular formula is C22H30N2O4S. The fourth-order valence-electron chi connectivity index (χ4n) is 3.66. The SMILES string of the molecule is N#Cc1ccc(CC(O)CC[C@H]2CCCC(=O)N2CCSCCCC(=O)O)cc1. The number of carbonyl (C=O) groups is 2. The third kappa shape index (κ3) is 8.46. The van der Waals surface area contributed by atoms with Crippen molar-refractivity contribution in [1.29, 1.82) is 5.26 Å². The number of carboxylic acid groups (broad SMARTS) is 1. The molecule has 1 aliphatic heterocycles. The van der Waals surface area contributed by atoms with Gasteiger partial charge in [-0.3, -0.25) is 9.59 Å². The van der Waals surface area contributed by atoms with Crippen LogP contribution in [-0.2, 0) is 16.0 Å². The van der Waals surface area contributed by atoms with Crippen molar-refractivity contribution >= 4 is 23.6 Å². The third-order valence-corrected chi connectivity index (χ3v) is 6.28. The molecule has 1 aliphatic rings. The Morgan fingerprint density at radius 2 is 2.07 bits per heavy atom. The van der Waals surface area contributed by atoms with E-state index in [9.17, 15) is 14.7 Å². The van der Waals surface area contributed by atoms with Crippen LogP contribution in [0.3, 0.4) is 0 Å². The second-order valence-corrected chi connectivity index (χ2v) is 8.71. The molecule has 1 heterocycles. The van der Waals surface area contributed by atoms with Crippen LogP contribution >= 0.6 is 11.8 Å². The Labute approximate surface area is 176 Å². The Bertz CT molecular complexity index is 702. The number of thioether (sulfide) groups is 1. The Kier molecular flexibility index (Phi) is 10.0. The summed E-state index contributed by atoms with van der Waals surface area (Å²) in [6.45, 7) is 0.687. The zero-order valence-corrected chi connectivity index (χ0v) is 17.6. The highest BCUT2D eigenvalue weighted by Crippen LogP contribution is 2.24. The van der Waals surface area contributed by atoms with Gasteiger partial charge in [0.1, 0.15) is 0 Å². The number of aliphatic hydroxyl groups is 1. The summed E-state index contributed by atoms with van der Waals surface area (Å²) in [5.74, 6) is 1.03. The van der Waals surface area contributed by atoms with Crippen molar-refractivity contribution in [2.45, 2.75) is 63.5 Å². The first-order chi connectivity index (χ1) is 14.0. The van der Waals surface area contributed by atoms with Crippen LogP contribution in [0.2, 0.25) is 0 Å². The minimum Gasteiger partial charge on any atom is -0.481 e. The lowest BCUT2D eigenvalue weighted by Crippen LogP contribution is -2.45. The standard InChI is InChI=1S/C22H30N2O4S/c23-16-18-8-6-17(7-9-18)15-20(25)11-10-19-3-1-4-21(26)24(19)12-14-29-13-2-5-22(27)28/h6-9,19-20,25H,1-5,10-15H2,(H,27,28)/t19-,20?/m1/s1. The van der Waals surface area contributed by atoms with Gasteiger partial charge in [0.15, 0.2) is 0 Å². The number of likely N-dealkylation sites (tertiary alicyclic amines) is 1. The number of aliphatic hydroxyl groups excluding tert-OH is 1. The molecule has 0 radical (unpaired) electrons. The molecular weight excluding hydrogens is 388 g/mol. The molecule has 7 heteroatoms. The van der Waals surface area contributed by atoms with E-state index in [0.717, 1.165) is 36.3 Å². The minimum atomic E-state index is -0.767. The number of carbonyl (C=O) groups excluding carboxylic acids is 1. The van der Waals surface area contributed by atoms with E-state index in [4.69, 9.17) is 10.4 Å². The predicted molar refractivity (Wildman–Crippen MR) is 114 cm³/mol. The number of benzene rings is 1. The molecule has 1 unspecified atom stereocenters. The summed E-state index contributed by atoms with van der Waals surface area (Å²) < 4.78 is 0. The van der Waals surface area contributed by atoms with Gasteiger partial charge in [0.05, 0.1) is 17.7 Å². The molecule has 2 N–H and O–H groups in total. The molecule has 29 heavy (non-hydrogen) atoms. The number of carboxylic acids is 1. The quantitative estimate of drug-likeness (QED) is 0.505. The largest absolute Gasteiger partial charge is 0.481 e. The predicted octanol–water partition coefficient (Wildman–Crippen LogP) is 3.22. The van der Waals surface area contributed by atoms with Crippen molar-refractivity contribution in [3.63, 3.8) is 0 Å². The van der Waals surface area contributed by atoms with Gasteiger partial charge in [0.2, 0.25) is 5.91 Å². The highest BCUT2D eigenvalue weighted by Gasteiger charge is 2.27. The molecule has 2 atom stereocenters. The minimum absolute atomic E-state index is 0.173. The number of nitriles is 1. The lowest BCUT2D eigenvalue weighted by molar-refractivity contribution is -0.137. The summed E-state index contributed by atoms with van der Waals surface area (Å²) in [5.41, 5.74) is 1.62. The number of hydrogen-bond acceptors (Lipinski definition) is 5. The molecule has 6 nitrogen and oxygen atoms in total. The molecule has 1 saturated heterocycles. The van der Waals surface area contributed by atoms with Gasteiger partial charge >= 0.3 is 5.97 Å². The molecule has 1 amide bonds. The van der Waals surface area contributed by atoms with Gasteiger partial charge in [-0.2, -0.15) is 17.0 Å². The molecule has 1 fully saturated rings. The molecule has 0 spiro atoms. The van der Waals surface area contributed by atoms with Crippen LogP contribution in [-0.4, -0.2) is 57.2 Å². The van der Waals surface area contributed by atoms with Crippen LogP contribution < -0.4 is 0 Å². The number of aliphatic carboxylic acids is 1. The van der Waals surface area contributed by atoms with E-state index in [-0.39, 0.29) is 18.4 Å². The summed E-state index contributed by atoms with van der Waals surface area (Å²) in [5, 5.41) is 27.9. The van der Waals surface area contributed by atoms with E-state index in [1.54, 1.807) is 23.9 Å². The van der Waals surface area contributed by atoms with Crippen LogP contribution in [0.1, 0.15) is 56.1 Å². The lowest BCUT2D eigenvalue weighted by atomic mass is 9.94. The molecule has 0 aliphatic carbocycles.